The van der Waals surface area contributed by atoms with Gasteiger partial charge in [-0.1, -0.05) is 31.7 Å². The number of rotatable bonds is 2. The van der Waals surface area contributed by atoms with Crippen molar-refractivity contribution >= 4 is 20.9 Å². The Kier molecular flexibility index (Phi) is 3.96. The average molecular weight is 346 g/mol. The molecule has 130 valence electrons. The van der Waals surface area contributed by atoms with E-state index in [1.165, 1.54) is 6.42 Å². The highest BCUT2D eigenvalue weighted by Crippen LogP contribution is 2.43. The number of aryl methyl sites for hydroxylation is 1. The van der Waals surface area contributed by atoms with E-state index in [1.54, 1.807) is 6.07 Å². The largest absolute Gasteiger partial charge is 0.351 e. The van der Waals surface area contributed by atoms with Crippen LogP contribution in [0.4, 0.5) is 0 Å². The lowest BCUT2D eigenvalue weighted by atomic mass is 9.76. The van der Waals surface area contributed by atoms with Gasteiger partial charge < -0.3 is 4.57 Å². The predicted octanol–water partition coefficient (Wildman–Crippen LogP) is 4.06. The lowest BCUT2D eigenvalue weighted by molar-refractivity contribution is 0.0869. The van der Waals surface area contributed by atoms with Crippen molar-refractivity contribution in [3.63, 3.8) is 0 Å². The van der Waals surface area contributed by atoms with Crippen LogP contribution in [0.5, 0.6) is 0 Å². The highest BCUT2D eigenvalue weighted by Gasteiger charge is 2.45. The minimum absolute atomic E-state index is 0.126. The van der Waals surface area contributed by atoms with Gasteiger partial charge >= 0.3 is 0 Å². The number of hydrogen-bond donors (Lipinski definition) is 0. The van der Waals surface area contributed by atoms with Crippen molar-refractivity contribution in [3.8, 4) is 0 Å². The highest BCUT2D eigenvalue weighted by molar-refractivity contribution is 7.89. The number of benzene rings is 1. The Morgan fingerprint density at radius 3 is 2.42 bits per heavy atom. The third-order valence-corrected chi connectivity index (χ3v) is 8.01. The summed E-state index contributed by atoms with van der Waals surface area (Å²) in [7, 11) is -1.48. The summed E-state index contributed by atoms with van der Waals surface area (Å²) in [4.78, 5) is 0.448. The summed E-state index contributed by atoms with van der Waals surface area (Å²) in [6, 6.07) is 7.58. The topological polar surface area (TPSA) is 42.3 Å². The van der Waals surface area contributed by atoms with Crippen molar-refractivity contribution in [1.82, 2.24) is 8.87 Å². The fourth-order valence-corrected chi connectivity index (χ4v) is 6.59. The maximum Gasteiger partial charge on any atom is 0.243 e. The molecule has 1 spiro atoms. The first-order chi connectivity index (χ1) is 11.5. The zero-order valence-corrected chi connectivity index (χ0v) is 15.2. The Morgan fingerprint density at radius 2 is 1.67 bits per heavy atom. The van der Waals surface area contributed by atoms with Crippen LogP contribution in [-0.4, -0.2) is 29.4 Å². The zero-order valence-electron chi connectivity index (χ0n) is 14.4. The molecule has 4 nitrogen and oxygen atoms in total. The first kappa shape index (κ1) is 16.2. The molecule has 2 heterocycles. The predicted molar refractivity (Wildman–Crippen MR) is 96.5 cm³/mol. The quantitative estimate of drug-likeness (QED) is 0.823. The molecular weight excluding hydrogens is 320 g/mol. The summed E-state index contributed by atoms with van der Waals surface area (Å²) >= 11 is 0. The molecule has 2 aromatic rings. The molecule has 1 saturated carbocycles. The summed E-state index contributed by atoms with van der Waals surface area (Å²) in [6.07, 6.45) is 10.7. The van der Waals surface area contributed by atoms with Crippen LogP contribution < -0.4 is 0 Å². The van der Waals surface area contributed by atoms with Gasteiger partial charge in [0.05, 0.1) is 4.90 Å². The Morgan fingerprint density at radius 1 is 0.958 bits per heavy atom. The van der Waals surface area contributed by atoms with Gasteiger partial charge in [-0.15, -0.1) is 0 Å². The minimum Gasteiger partial charge on any atom is -0.351 e. The molecule has 0 N–H and O–H groups in total. The molecule has 0 amide bonds. The second-order valence-electron chi connectivity index (χ2n) is 7.47. The fraction of sp³-hybridized carbons (Fsp3) is 0.579. The fourth-order valence-electron chi connectivity index (χ4n) is 4.69. The molecule has 1 saturated heterocycles. The molecule has 0 radical (unpaired) electrons. The second-order valence-corrected chi connectivity index (χ2v) is 9.33. The Labute approximate surface area is 144 Å². The van der Waals surface area contributed by atoms with Gasteiger partial charge in [-0.25, -0.2) is 8.42 Å². The van der Waals surface area contributed by atoms with Crippen LogP contribution in [-0.2, 0) is 17.1 Å². The molecule has 2 aliphatic rings. The monoisotopic (exact) mass is 346 g/mol. The maximum atomic E-state index is 13.5. The van der Waals surface area contributed by atoms with Gasteiger partial charge in [0.15, 0.2) is 0 Å². The second kappa shape index (κ2) is 5.88. The summed E-state index contributed by atoms with van der Waals surface area (Å²) in [5.41, 5.74) is 0.851. The first-order valence-electron chi connectivity index (χ1n) is 9.11. The highest BCUT2D eigenvalue weighted by atomic mass is 32.2. The molecule has 0 bridgehead atoms. The third kappa shape index (κ3) is 2.49. The first-order valence-corrected chi connectivity index (χ1v) is 10.5. The zero-order chi connectivity index (χ0) is 16.8. The van der Waals surface area contributed by atoms with E-state index >= 15 is 0 Å². The van der Waals surface area contributed by atoms with Crippen LogP contribution in [0.2, 0.25) is 0 Å². The van der Waals surface area contributed by atoms with Crippen molar-refractivity contribution in [2.75, 3.05) is 6.54 Å². The van der Waals surface area contributed by atoms with Gasteiger partial charge in [0.2, 0.25) is 10.0 Å². The van der Waals surface area contributed by atoms with Gasteiger partial charge in [0.25, 0.3) is 0 Å². The van der Waals surface area contributed by atoms with Crippen LogP contribution in [0.3, 0.4) is 0 Å². The molecule has 1 aromatic heterocycles. The van der Waals surface area contributed by atoms with Gasteiger partial charge in [-0.05, 0) is 49.3 Å². The van der Waals surface area contributed by atoms with E-state index in [0.717, 1.165) is 55.8 Å². The van der Waals surface area contributed by atoms with E-state index in [2.05, 4.69) is 0 Å². The molecule has 5 heteroatoms. The molecule has 0 atom stereocenters. The van der Waals surface area contributed by atoms with Gasteiger partial charge in [0, 0.05) is 30.8 Å². The van der Waals surface area contributed by atoms with E-state index in [1.807, 2.05) is 40.3 Å². The molecular formula is C19H26N2O2S. The van der Waals surface area contributed by atoms with Crippen LogP contribution in [0.15, 0.2) is 35.4 Å². The van der Waals surface area contributed by atoms with Gasteiger partial charge in [-0.2, -0.15) is 4.31 Å². The van der Waals surface area contributed by atoms with Crippen LogP contribution >= 0.6 is 0 Å². The molecule has 4 rings (SSSR count). The van der Waals surface area contributed by atoms with Gasteiger partial charge in [-0.3, -0.25) is 0 Å². The lowest BCUT2D eigenvalue weighted by Crippen LogP contribution is -2.55. The smallest absolute Gasteiger partial charge is 0.243 e. The van der Waals surface area contributed by atoms with Crippen molar-refractivity contribution in [2.24, 2.45) is 7.05 Å². The van der Waals surface area contributed by atoms with Crippen LogP contribution in [0, 0.1) is 0 Å². The van der Waals surface area contributed by atoms with Crippen molar-refractivity contribution in [3.05, 3.63) is 30.5 Å². The third-order valence-electron chi connectivity index (χ3n) is 6.01. The Bertz CT molecular complexity index is 839. The molecule has 1 aromatic carbocycles. The Hall–Kier alpha value is -1.33. The van der Waals surface area contributed by atoms with Crippen molar-refractivity contribution in [1.29, 1.82) is 0 Å². The van der Waals surface area contributed by atoms with Gasteiger partial charge in [0.1, 0.15) is 0 Å². The normalized spacial score (nSPS) is 22.2. The number of piperidine rings is 1. The summed E-state index contributed by atoms with van der Waals surface area (Å²) in [5.74, 6) is 0. The summed E-state index contributed by atoms with van der Waals surface area (Å²) in [5, 5.41) is 1.09. The summed E-state index contributed by atoms with van der Waals surface area (Å²) < 4.78 is 30.8. The van der Waals surface area contributed by atoms with E-state index in [4.69, 9.17) is 0 Å². The average Bonchev–Trinajstić information content (AvgIpc) is 2.96. The number of aromatic nitrogens is 1. The minimum atomic E-state index is -3.44. The number of nitrogens with zero attached hydrogens (tertiary/aromatic N) is 2. The van der Waals surface area contributed by atoms with E-state index in [9.17, 15) is 8.42 Å². The number of fused-ring (bicyclic) bond motifs is 1. The van der Waals surface area contributed by atoms with Crippen LogP contribution in [0.25, 0.3) is 10.9 Å². The molecule has 1 aliphatic heterocycles. The number of hydrogen-bond acceptors (Lipinski definition) is 2. The van der Waals surface area contributed by atoms with Crippen LogP contribution in [0.1, 0.15) is 51.4 Å². The lowest BCUT2D eigenvalue weighted by Gasteiger charge is -2.48. The molecule has 24 heavy (non-hydrogen) atoms. The molecule has 2 fully saturated rings. The molecule has 0 unspecified atom stereocenters. The van der Waals surface area contributed by atoms with E-state index in [0.29, 0.717) is 11.4 Å². The summed E-state index contributed by atoms with van der Waals surface area (Å²) in [6.45, 7) is 0.674. The molecule has 1 aliphatic carbocycles. The maximum absolute atomic E-state index is 13.5. The Balaban J connectivity index is 1.77. The SMILES string of the molecule is Cn1ccc2ccc(S(=O)(=O)N3CCCCC34CCCCC4)cc21. The standard InChI is InChI=1S/C19H26N2O2S/c1-20-14-9-16-7-8-17(15-18(16)20)24(22,23)21-13-6-5-12-19(21)10-3-2-4-11-19/h7-9,14-15H,2-6,10-13H2,1H3. The van der Waals surface area contributed by atoms with Crippen molar-refractivity contribution < 1.29 is 8.42 Å². The number of sulfonamides is 1. The van der Waals surface area contributed by atoms with E-state index in [-0.39, 0.29) is 5.54 Å². The van der Waals surface area contributed by atoms with E-state index < -0.39 is 10.0 Å². The van der Waals surface area contributed by atoms with Crippen molar-refractivity contribution in [2.45, 2.75) is 61.8 Å².